The van der Waals surface area contributed by atoms with Crippen molar-refractivity contribution in [2.45, 2.75) is 85.1 Å². The monoisotopic (exact) mass is 295 g/mol. The highest BCUT2D eigenvalue weighted by atomic mass is 16.4. The van der Waals surface area contributed by atoms with Crippen molar-refractivity contribution in [3.05, 3.63) is 24.0 Å². The molecule has 0 saturated heterocycles. The highest BCUT2D eigenvalue weighted by Crippen LogP contribution is 2.10. The lowest BCUT2D eigenvalue weighted by Crippen LogP contribution is -1.93. The topological polar surface area (TPSA) is 42.2 Å². The van der Waals surface area contributed by atoms with Crippen molar-refractivity contribution in [3.63, 3.8) is 0 Å². The second-order valence-corrected chi connectivity index (χ2v) is 5.77. The lowest BCUT2D eigenvalue weighted by molar-refractivity contribution is -0.134. The summed E-state index contributed by atoms with van der Waals surface area (Å²) in [6.45, 7) is 6.72. The maximum absolute atomic E-state index is 9.00. The van der Waals surface area contributed by atoms with Gasteiger partial charge in [-0.2, -0.15) is 0 Å². The molecule has 0 spiro atoms. The minimum Gasteiger partial charge on any atom is -0.481 e. The van der Waals surface area contributed by atoms with E-state index in [2.05, 4.69) is 36.9 Å². The second-order valence-electron chi connectivity index (χ2n) is 5.77. The molecule has 0 aliphatic rings. The van der Waals surface area contributed by atoms with E-state index in [0.29, 0.717) is 0 Å². The van der Waals surface area contributed by atoms with Gasteiger partial charge in [0.25, 0.3) is 5.97 Å². The molecule has 122 valence electrons. The van der Waals surface area contributed by atoms with E-state index in [0.717, 1.165) is 6.92 Å². The van der Waals surface area contributed by atoms with Crippen molar-refractivity contribution >= 4 is 5.97 Å². The van der Waals surface area contributed by atoms with Gasteiger partial charge in [-0.15, -0.1) is 0 Å². The maximum Gasteiger partial charge on any atom is 0.300 e. The van der Waals surface area contributed by atoms with Gasteiger partial charge in [0.05, 0.1) is 0 Å². The Morgan fingerprint density at radius 1 is 1.05 bits per heavy atom. The molecule has 0 aliphatic carbocycles. The summed E-state index contributed by atoms with van der Waals surface area (Å²) < 4.78 is 2.32. The number of unbranched alkanes of at least 4 members (excludes halogenated alkanes) is 8. The van der Waals surface area contributed by atoms with Gasteiger partial charge in [0.15, 0.2) is 0 Å². The third-order valence-electron chi connectivity index (χ3n) is 3.42. The van der Waals surface area contributed by atoms with Gasteiger partial charge in [-0.3, -0.25) is 4.79 Å². The van der Waals surface area contributed by atoms with Crippen LogP contribution in [0.3, 0.4) is 0 Å². The quantitative estimate of drug-likeness (QED) is 0.586. The molecule has 0 bridgehead atoms. The van der Waals surface area contributed by atoms with Crippen LogP contribution in [-0.4, -0.2) is 15.6 Å². The van der Waals surface area contributed by atoms with Crippen LogP contribution in [0.25, 0.3) is 0 Å². The third kappa shape index (κ3) is 15.0. The molecule has 0 aromatic carbocycles. The summed E-state index contributed by atoms with van der Waals surface area (Å²) >= 11 is 0. The zero-order valence-electron chi connectivity index (χ0n) is 14.1. The zero-order valence-corrected chi connectivity index (χ0v) is 14.1. The average Bonchev–Trinajstić information content (AvgIpc) is 2.82. The van der Waals surface area contributed by atoms with E-state index in [4.69, 9.17) is 9.90 Å². The maximum atomic E-state index is 9.00. The van der Waals surface area contributed by atoms with E-state index < -0.39 is 5.97 Å². The van der Waals surface area contributed by atoms with Crippen molar-refractivity contribution in [2.75, 3.05) is 0 Å². The van der Waals surface area contributed by atoms with Gasteiger partial charge in [-0.05, 0) is 25.0 Å². The number of carboxylic acids is 1. The minimum atomic E-state index is -0.833. The number of nitrogens with zero attached hydrogens (tertiary/aromatic N) is 1. The van der Waals surface area contributed by atoms with Gasteiger partial charge in [0.1, 0.15) is 0 Å². The Morgan fingerprint density at radius 2 is 1.52 bits per heavy atom. The Hall–Kier alpha value is -1.25. The Balaban J connectivity index is 0.000000885. The molecule has 0 aliphatic heterocycles. The van der Waals surface area contributed by atoms with Crippen molar-refractivity contribution < 1.29 is 9.90 Å². The summed E-state index contributed by atoms with van der Waals surface area (Å²) in [4.78, 5) is 9.00. The standard InChI is InChI=1S/C16H29N.C2H4O2/c1-3-4-5-6-7-8-9-10-11-13-17-14-12-16(2)15-17;1-2(3)4/h12,14-15H,3-11,13H2,1-2H3;1H3,(H,3,4). The summed E-state index contributed by atoms with van der Waals surface area (Å²) in [5.41, 5.74) is 1.38. The van der Waals surface area contributed by atoms with Crippen molar-refractivity contribution in [1.82, 2.24) is 4.57 Å². The van der Waals surface area contributed by atoms with Crippen molar-refractivity contribution in [1.29, 1.82) is 0 Å². The lowest BCUT2D eigenvalue weighted by atomic mass is 10.1. The zero-order chi connectivity index (χ0) is 15.9. The predicted octanol–water partition coefficient (Wildman–Crippen LogP) is 5.42. The highest BCUT2D eigenvalue weighted by molar-refractivity contribution is 5.62. The molecule has 1 aromatic rings. The largest absolute Gasteiger partial charge is 0.481 e. The predicted molar refractivity (Wildman–Crippen MR) is 89.7 cm³/mol. The number of carboxylic acid groups (broad SMARTS) is 1. The number of carbonyl (C=O) groups is 1. The van der Waals surface area contributed by atoms with Gasteiger partial charge in [0, 0.05) is 25.9 Å². The Bertz CT molecular complexity index is 354. The fourth-order valence-corrected chi connectivity index (χ4v) is 2.31. The molecule has 1 aromatic heterocycles. The van der Waals surface area contributed by atoms with E-state index >= 15 is 0 Å². The van der Waals surface area contributed by atoms with Gasteiger partial charge in [-0.1, -0.05) is 58.3 Å². The first kappa shape index (κ1) is 19.8. The van der Waals surface area contributed by atoms with Crippen LogP contribution in [0.1, 0.15) is 77.2 Å². The number of aliphatic carboxylic acids is 1. The Kier molecular flexibility index (Phi) is 12.9. The van der Waals surface area contributed by atoms with Crippen LogP contribution in [-0.2, 0) is 11.3 Å². The minimum absolute atomic E-state index is 0.833. The molecular formula is C18H33NO2. The van der Waals surface area contributed by atoms with E-state index in [-0.39, 0.29) is 0 Å². The van der Waals surface area contributed by atoms with E-state index in [1.165, 1.54) is 69.9 Å². The number of hydrogen-bond acceptors (Lipinski definition) is 1. The van der Waals surface area contributed by atoms with Crippen LogP contribution in [0.4, 0.5) is 0 Å². The van der Waals surface area contributed by atoms with Gasteiger partial charge in [0.2, 0.25) is 0 Å². The molecule has 0 unspecified atom stereocenters. The first-order valence-corrected chi connectivity index (χ1v) is 8.38. The van der Waals surface area contributed by atoms with Gasteiger partial charge >= 0.3 is 0 Å². The molecule has 1 rings (SSSR count). The molecule has 1 heterocycles. The summed E-state index contributed by atoms with van der Waals surface area (Å²) in [7, 11) is 0. The number of aryl methyl sites for hydroxylation is 2. The van der Waals surface area contributed by atoms with Crippen LogP contribution >= 0.6 is 0 Å². The second kappa shape index (κ2) is 13.7. The van der Waals surface area contributed by atoms with Gasteiger partial charge < -0.3 is 9.67 Å². The fraction of sp³-hybridized carbons (Fsp3) is 0.722. The van der Waals surface area contributed by atoms with E-state index in [1.54, 1.807) is 0 Å². The first-order valence-electron chi connectivity index (χ1n) is 8.38. The first-order chi connectivity index (χ1) is 10.1. The third-order valence-corrected chi connectivity index (χ3v) is 3.42. The smallest absolute Gasteiger partial charge is 0.300 e. The molecule has 3 heteroatoms. The molecule has 0 fully saturated rings. The summed E-state index contributed by atoms with van der Waals surface area (Å²) in [5.74, 6) is -0.833. The molecule has 0 amide bonds. The molecule has 0 radical (unpaired) electrons. The average molecular weight is 295 g/mol. The van der Waals surface area contributed by atoms with Crippen LogP contribution in [0.2, 0.25) is 0 Å². The molecule has 1 N–H and O–H groups in total. The summed E-state index contributed by atoms with van der Waals surface area (Å²) in [5, 5.41) is 7.42. The van der Waals surface area contributed by atoms with Crippen LogP contribution in [0.5, 0.6) is 0 Å². The van der Waals surface area contributed by atoms with Crippen LogP contribution in [0.15, 0.2) is 18.5 Å². The Labute approximate surface area is 130 Å². The molecule has 3 nitrogen and oxygen atoms in total. The van der Waals surface area contributed by atoms with Crippen LogP contribution in [0, 0.1) is 6.92 Å². The SMILES string of the molecule is CC(=O)O.CCCCCCCCCCCn1ccc(C)c1. The highest BCUT2D eigenvalue weighted by Gasteiger charge is 1.94. The summed E-state index contributed by atoms with van der Waals surface area (Å²) in [6, 6.07) is 2.19. The number of aromatic nitrogens is 1. The van der Waals surface area contributed by atoms with Gasteiger partial charge in [-0.25, -0.2) is 0 Å². The molecule has 21 heavy (non-hydrogen) atoms. The number of hydrogen-bond donors (Lipinski definition) is 1. The molecule has 0 atom stereocenters. The van der Waals surface area contributed by atoms with Crippen molar-refractivity contribution in [3.8, 4) is 0 Å². The number of rotatable bonds is 10. The molecule has 0 saturated carbocycles. The Morgan fingerprint density at radius 3 is 1.95 bits per heavy atom. The van der Waals surface area contributed by atoms with Crippen molar-refractivity contribution in [2.24, 2.45) is 0 Å². The normalized spacial score (nSPS) is 10.0. The van der Waals surface area contributed by atoms with Crippen LogP contribution < -0.4 is 0 Å². The molecular weight excluding hydrogens is 262 g/mol. The fourth-order valence-electron chi connectivity index (χ4n) is 2.31. The lowest BCUT2D eigenvalue weighted by Gasteiger charge is -2.03. The van der Waals surface area contributed by atoms with E-state index in [9.17, 15) is 0 Å². The summed E-state index contributed by atoms with van der Waals surface area (Å²) in [6.07, 6.45) is 17.1. The van der Waals surface area contributed by atoms with E-state index in [1.807, 2.05) is 0 Å².